The normalized spacial score (nSPS) is 11.5. The first-order valence-electron chi connectivity index (χ1n) is 5.26. The van der Waals surface area contributed by atoms with Crippen LogP contribution in [0.25, 0.3) is 10.9 Å². The molecular formula is C12H11BrN2O3S. The maximum atomic E-state index is 11.5. The highest BCUT2D eigenvalue weighted by Crippen LogP contribution is 2.29. The molecule has 19 heavy (non-hydrogen) atoms. The van der Waals surface area contributed by atoms with Gasteiger partial charge in [0.2, 0.25) is 10.0 Å². The number of nitrogens with zero attached hydrogens (tertiary/aromatic N) is 1. The summed E-state index contributed by atoms with van der Waals surface area (Å²) in [5.74, 6) is 0.476. The first-order valence-corrected chi connectivity index (χ1v) is 7.60. The van der Waals surface area contributed by atoms with E-state index in [1.54, 1.807) is 18.3 Å². The predicted octanol–water partition coefficient (Wildman–Crippen LogP) is 2.17. The van der Waals surface area contributed by atoms with Crippen LogP contribution in [0.4, 0.5) is 0 Å². The van der Waals surface area contributed by atoms with Crippen LogP contribution in [0.2, 0.25) is 0 Å². The standard InChI is InChI=1S/C12H11BrN2O3S/c1-8(13)7-18-10-4-5-11(19(14,16)17)9-3-2-6-15-12(9)10/h2-6H,1,7H2,(H2,14,16,17). The van der Waals surface area contributed by atoms with Gasteiger partial charge in [-0.2, -0.15) is 0 Å². The number of primary sulfonamides is 1. The molecule has 0 spiro atoms. The molecule has 0 aliphatic carbocycles. The molecule has 5 nitrogen and oxygen atoms in total. The third-order valence-electron chi connectivity index (χ3n) is 2.38. The predicted molar refractivity (Wildman–Crippen MR) is 76.7 cm³/mol. The van der Waals surface area contributed by atoms with E-state index >= 15 is 0 Å². The Morgan fingerprint density at radius 1 is 1.42 bits per heavy atom. The SMILES string of the molecule is C=C(Br)COc1ccc(S(N)(=O)=O)c2cccnc12. The zero-order valence-electron chi connectivity index (χ0n) is 9.84. The third kappa shape index (κ3) is 3.12. The zero-order valence-corrected chi connectivity index (χ0v) is 12.2. The van der Waals surface area contributed by atoms with Gasteiger partial charge in [0.15, 0.2) is 0 Å². The Morgan fingerprint density at radius 3 is 2.79 bits per heavy atom. The Morgan fingerprint density at radius 2 is 2.16 bits per heavy atom. The minimum absolute atomic E-state index is 0.0284. The minimum atomic E-state index is -3.80. The first kappa shape index (κ1) is 14.0. The van der Waals surface area contributed by atoms with Crippen LogP contribution in [0, 0.1) is 0 Å². The summed E-state index contributed by atoms with van der Waals surface area (Å²) in [6, 6.07) is 6.22. The molecule has 0 bridgehead atoms. The zero-order chi connectivity index (χ0) is 14.0. The molecule has 2 aromatic rings. The van der Waals surface area contributed by atoms with Gasteiger partial charge >= 0.3 is 0 Å². The monoisotopic (exact) mass is 342 g/mol. The summed E-state index contributed by atoms with van der Waals surface area (Å²) in [6.07, 6.45) is 1.56. The molecule has 1 aromatic heterocycles. The molecule has 0 saturated heterocycles. The van der Waals surface area contributed by atoms with Crippen LogP contribution in [0.1, 0.15) is 0 Å². The molecule has 1 heterocycles. The topological polar surface area (TPSA) is 82.3 Å². The Balaban J connectivity index is 2.62. The van der Waals surface area contributed by atoms with Crippen LogP contribution in [-0.4, -0.2) is 20.0 Å². The highest BCUT2D eigenvalue weighted by Gasteiger charge is 2.15. The first-order chi connectivity index (χ1) is 8.89. The number of benzene rings is 1. The van der Waals surface area contributed by atoms with E-state index in [1.807, 2.05) is 0 Å². The molecule has 2 rings (SSSR count). The van der Waals surface area contributed by atoms with E-state index < -0.39 is 10.0 Å². The second kappa shape index (κ2) is 5.28. The molecule has 100 valence electrons. The maximum Gasteiger partial charge on any atom is 0.238 e. The lowest BCUT2D eigenvalue weighted by Crippen LogP contribution is -2.13. The summed E-state index contributed by atoms with van der Waals surface area (Å²) < 4.78 is 29.2. The van der Waals surface area contributed by atoms with Gasteiger partial charge in [-0.1, -0.05) is 22.5 Å². The van der Waals surface area contributed by atoms with Crippen molar-refractivity contribution in [3.8, 4) is 5.75 Å². The number of hydrogen-bond donors (Lipinski definition) is 1. The molecule has 0 unspecified atom stereocenters. The highest BCUT2D eigenvalue weighted by atomic mass is 79.9. The molecule has 0 saturated carbocycles. The van der Waals surface area contributed by atoms with Crippen LogP contribution in [0.3, 0.4) is 0 Å². The maximum absolute atomic E-state index is 11.5. The molecule has 0 radical (unpaired) electrons. The number of aromatic nitrogens is 1. The number of pyridine rings is 1. The smallest absolute Gasteiger partial charge is 0.238 e. The van der Waals surface area contributed by atoms with Crippen LogP contribution in [0.15, 0.2) is 46.4 Å². The average Bonchev–Trinajstić information content (AvgIpc) is 2.34. The average molecular weight is 343 g/mol. The summed E-state index contributed by atoms with van der Waals surface area (Å²) in [6.45, 7) is 3.93. The minimum Gasteiger partial charge on any atom is -0.486 e. The lowest BCUT2D eigenvalue weighted by atomic mass is 10.2. The summed E-state index contributed by atoms with van der Waals surface area (Å²) in [7, 11) is -3.80. The summed E-state index contributed by atoms with van der Waals surface area (Å²) in [4.78, 5) is 4.17. The quantitative estimate of drug-likeness (QED) is 0.922. The van der Waals surface area contributed by atoms with E-state index in [1.165, 1.54) is 12.1 Å². The van der Waals surface area contributed by atoms with Crippen molar-refractivity contribution in [1.29, 1.82) is 0 Å². The molecule has 0 fully saturated rings. The second-order valence-electron chi connectivity index (χ2n) is 3.81. The van der Waals surface area contributed by atoms with Gasteiger partial charge in [-0.3, -0.25) is 4.98 Å². The van der Waals surface area contributed by atoms with Gasteiger partial charge in [0, 0.05) is 16.1 Å². The largest absolute Gasteiger partial charge is 0.486 e. The molecule has 7 heteroatoms. The molecule has 2 N–H and O–H groups in total. The van der Waals surface area contributed by atoms with Gasteiger partial charge < -0.3 is 4.74 Å². The van der Waals surface area contributed by atoms with Crippen molar-refractivity contribution in [3.63, 3.8) is 0 Å². The van der Waals surface area contributed by atoms with E-state index in [2.05, 4.69) is 27.5 Å². The third-order valence-corrected chi connectivity index (χ3v) is 3.58. The van der Waals surface area contributed by atoms with Crippen molar-refractivity contribution in [3.05, 3.63) is 41.5 Å². The van der Waals surface area contributed by atoms with Crippen molar-refractivity contribution in [2.24, 2.45) is 5.14 Å². The molecular weight excluding hydrogens is 332 g/mol. The molecule has 0 aliphatic heterocycles. The van der Waals surface area contributed by atoms with E-state index in [0.717, 1.165) is 0 Å². The number of rotatable bonds is 4. The summed E-state index contributed by atoms with van der Waals surface area (Å²) in [5.41, 5.74) is 0.447. The van der Waals surface area contributed by atoms with Crippen molar-refractivity contribution in [2.75, 3.05) is 6.61 Å². The van der Waals surface area contributed by atoms with Gasteiger partial charge in [0.25, 0.3) is 0 Å². The molecule has 0 aliphatic rings. The number of fused-ring (bicyclic) bond motifs is 1. The Bertz CT molecular complexity index is 744. The fourth-order valence-corrected chi connectivity index (χ4v) is 2.48. The summed E-state index contributed by atoms with van der Waals surface area (Å²) >= 11 is 3.19. The lowest BCUT2D eigenvalue weighted by Gasteiger charge is -2.10. The van der Waals surface area contributed by atoms with Crippen molar-refractivity contribution in [2.45, 2.75) is 4.90 Å². The van der Waals surface area contributed by atoms with E-state index in [-0.39, 0.29) is 11.5 Å². The number of hydrogen-bond acceptors (Lipinski definition) is 4. The number of nitrogens with two attached hydrogens (primary N) is 1. The van der Waals surface area contributed by atoms with Gasteiger partial charge in [-0.05, 0) is 24.3 Å². The van der Waals surface area contributed by atoms with Crippen LogP contribution in [-0.2, 0) is 10.0 Å². The van der Waals surface area contributed by atoms with Crippen molar-refractivity contribution < 1.29 is 13.2 Å². The van der Waals surface area contributed by atoms with Crippen molar-refractivity contribution in [1.82, 2.24) is 4.98 Å². The molecule has 1 aromatic carbocycles. The van der Waals surface area contributed by atoms with Gasteiger partial charge in [-0.25, -0.2) is 13.6 Å². The van der Waals surface area contributed by atoms with E-state index in [4.69, 9.17) is 9.88 Å². The van der Waals surface area contributed by atoms with Gasteiger partial charge in [0.1, 0.15) is 17.9 Å². The Labute approximate surface area is 119 Å². The van der Waals surface area contributed by atoms with E-state index in [9.17, 15) is 8.42 Å². The Hall–Kier alpha value is -1.44. The Kier molecular flexibility index (Phi) is 3.88. The fraction of sp³-hybridized carbons (Fsp3) is 0.0833. The molecule has 0 amide bonds. The van der Waals surface area contributed by atoms with Gasteiger partial charge in [-0.15, -0.1) is 0 Å². The van der Waals surface area contributed by atoms with Crippen molar-refractivity contribution >= 4 is 36.9 Å². The van der Waals surface area contributed by atoms with E-state index in [0.29, 0.717) is 21.1 Å². The number of ether oxygens (including phenoxy) is 1. The van der Waals surface area contributed by atoms with Crippen LogP contribution in [0.5, 0.6) is 5.75 Å². The number of sulfonamides is 1. The lowest BCUT2D eigenvalue weighted by molar-refractivity contribution is 0.364. The number of halogens is 1. The summed E-state index contributed by atoms with van der Waals surface area (Å²) in [5, 5.41) is 5.61. The van der Waals surface area contributed by atoms with Crippen LogP contribution >= 0.6 is 15.9 Å². The fourth-order valence-electron chi connectivity index (χ4n) is 1.64. The highest BCUT2D eigenvalue weighted by molar-refractivity contribution is 9.11. The second-order valence-corrected chi connectivity index (χ2v) is 6.46. The van der Waals surface area contributed by atoms with Crippen LogP contribution < -0.4 is 9.88 Å². The molecule has 0 atom stereocenters. The van der Waals surface area contributed by atoms with Gasteiger partial charge in [0.05, 0.1) is 4.90 Å².